The number of hydrogen-bond donors (Lipinski definition) is 2. The Labute approximate surface area is 198 Å². The number of aromatic nitrogens is 9. The molecule has 1 saturated heterocycles. The quantitative estimate of drug-likeness (QED) is 0.378. The number of nitrogen functional groups attached to an aromatic ring is 1. The second-order valence-corrected chi connectivity index (χ2v) is 8.81. The van der Waals surface area contributed by atoms with Gasteiger partial charge in [0.15, 0.2) is 11.6 Å². The molecule has 0 atom stereocenters. The molecule has 35 heavy (non-hydrogen) atoms. The Morgan fingerprint density at radius 2 is 2.09 bits per heavy atom. The first-order valence-electron chi connectivity index (χ1n) is 11.5. The van der Waals surface area contributed by atoms with Gasteiger partial charge in [-0.2, -0.15) is 10.1 Å². The van der Waals surface area contributed by atoms with Crippen LogP contribution in [0.3, 0.4) is 0 Å². The van der Waals surface area contributed by atoms with Gasteiger partial charge in [0.2, 0.25) is 11.7 Å². The smallest absolute Gasteiger partial charge is 0.284 e. The summed E-state index contributed by atoms with van der Waals surface area (Å²) in [5.41, 5.74) is 8.38. The van der Waals surface area contributed by atoms with E-state index in [1.165, 1.54) is 0 Å². The molecular formula is C22H24FN11O. The van der Waals surface area contributed by atoms with Crippen LogP contribution in [-0.2, 0) is 6.54 Å². The van der Waals surface area contributed by atoms with Crippen molar-refractivity contribution in [2.45, 2.75) is 39.3 Å². The van der Waals surface area contributed by atoms with Crippen LogP contribution in [0.2, 0.25) is 0 Å². The summed E-state index contributed by atoms with van der Waals surface area (Å²) in [6.07, 6.45) is 6.78. The van der Waals surface area contributed by atoms with Crippen molar-refractivity contribution in [2.24, 2.45) is 0 Å². The summed E-state index contributed by atoms with van der Waals surface area (Å²) in [5, 5.41) is 12.9. The van der Waals surface area contributed by atoms with Gasteiger partial charge >= 0.3 is 0 Å². The predicted molar refractivity (Wildman–Crippen MR) is 128 cm³/mol. The van der Waals surface area contributed by atoms with Gasteiger partial charge in [-0.1, -0.05) is 13.3 Å². The van der Waals surface area contributed by atoms with E-state index in [0.29, 0.717) is 36.2 Å². The summed E-state index contributed by atoms with van der Waals surface area (Å²) < 4.78 is 18.8. The van der Waals surface area contributed by atoms with Crippen molar-refractivity contribution in [3.63, 3.8) is 0 Å². The van der Waals surface area contributed by atoms with E-state index in [0.717, 1.165) is 42.4 Å². The molecule has 0 aliphatic carbocycles. The van der Waals surface area contributed by atoms with E-state index < -0.39 is 5.82 Å². The number of aromatic amines is 1. The molecule has 1 aliphatic rings. The van der Waals surface area contributed by atoms with E-state index >= 15 is 0 Å². The van der Waals surface area contributed by atoms with Gasteiger partial charge in [-0.25, -0.2) is 13.8 Å². The maximum absolute atomic E-state index is 13.3. The van der Waals surface area contributed by atoms with Crippen LogP contribution in [0, 0.1) is 12.7 Å². The molecule has 5 aromatic rings. The number of nitrogens with one attached hydrogen (secondary N) is 1. The summed E-state index contributed by atoms with van der Waals surface area (Å²) in [6, 6.07) is 2.09. The number of halogens is 1. The van der Waals surface area contributed by atoms with Crippen LogP contribution >= 0.6 is 0 Å². The Hall–Kier alpha value is -4.29. The van der Waals surface area contributed by atoms with Gasteiger partial charge in [0.25, 0.3) is 5.56 Å². The fraction of sp³-hybridized carbons (Fsp3) is 0.364. The molecule has 0 radical (unpaired) electrons. The molecule has 180 valence electrons. The van der Waals surface area contributed by atoms with E-state index in [9.17, 15) is 9.18 Å². The number of anilines is 2. The van der Waals surface area contributed by atoms with Crippen LogP contribution in [0.25, 0.3) is 28.1 Å². The van der Waals surface area contributed by atoms with Gasteiger partial charge in [0.05, 0.1) is 29.6 Å². The van der Waals surface area contributed by atoms with E-state index in [4.69, 9.17) is 5.73 Å². The number of nitrogens with zero attached hydrogens (tertiary/aromatic N) is 9. The van der Waals surface area contributed by atoms with Gasteiger partial charge in [0.1, 0.15) is 11.3 Å². The summed E-state index contributed by atoms with van der Waals surface area (Å²) in [5.74, 6) is 0.719. The fourth-order valence-electron chi connectivity index (χ4n) is 4.48. The molecule has 3 N–H and O–H groups in total. The van der Waals surface area contributed by atoms with Gasteiger partial charge in [-0.3, -0.25) is 9.48 Å². The molecule has 0 saturated carbocycles. The second kappa shape index (κ2) is 7.89. The Bertz CT molecular complexity index is 1620. The van der Waals surface area contributed by atoms with Crippen molar-refractivity contribution >= 4 is 28.6 Å². The zero-order valence-corrected chi connectivity index (χ0v) is 19.3. The van der Waals surface area contributed by atoms with E-state index in [-0.39, 0.29) is 17.4 Å². The maximum Gasteiger partial charge on any atom is 0.284 e. The topological polar surface area (TPSA) is 141 Å². The summed E-state index contributed by atoms with van der Waals surface area (Å²) in [4.78, 5) is 26.4. The lowest BCUT2D eigenvalue weighted by Crippen LogP contribution is -2.48. The number of fused-ring (bicyclic) bond motifs is 2. The lowest BCUT2D eigenvalue weighted by atomic mass is 10.1. The number of H-pyrrole nitrogens is 1. The highest BCUT2D eigenvalue weighted by molar-refractivity contribution is 5.83. The predicted octanol–water partition coefficient (Wildman–Crippen LogP) is 1.92. The molecule has 0 aromatic carbocycles. The number of hydrogen-bond acceptors (Lipinski definition) is 8. The molecule has 5 aromatic heterocycles. The first-order valence-corrected chi connectivity index (χ1v) is 11.5. The van der Waals surface area contributed by atoms with E-state index in [1.807, 2.05) is 26.4 Å². The fourth-order valence-corrected chi connectivity index (χ4v) is 4.48. The summed E-state index contributed by atoms with van der Waals surface area (Å²) in [7, 11) is 0. The highest BCUT2D eigenvalue weighted by Crippen LogP contribution is 2.29. The lowest BCUT2D eigenvalue weighted by Gasteiger charge is -2.39. The molecule has 0 unspecified atom stereocenters. The van der Waals surface area contributed by atoms with Crippen molar-refractivity contribution < 1.29 is 4.39 Å². The Balaban J connectivity index is 1.30. The summed E-state index contributed by atoms with van der Waals surface area (Å²) >= 11 is 0. The second-order valence-electron chi connectivity index (χ2n) is 8.81. The van der Waals surface area contributed by atoms with Crippen LogP contribution in [0.15, 0.2) is 29.5 Å². The molecule has 1 aliphatic heterocycles. The maximum atomic E-state index is 13.3. The molecule has 6 rings (SSSR count). The average Bonchev–Trinajstić information content (AvgIpc) is 3.54. The Kier molecular flexibility index (Phi) is 4.79. The minimum Gasteiger partial charge on any atom is -0.381 e. The van der Waals surface area contributed by atoms with Gasteiger partial charge < -0.3 is 20.2 Å². The third-order valence-corrected chi connectivity index (χ3v) is 6.48. The molecule has 12 nitrogen and oxygen atoms in total. The van der Waals surface area contributed by atoms with E-state index in [1.54, 1.807) is 17.5 Å². The molecule has 1 fully saturated rings. The number of nitrogens with two attached hydrogens (primary N) is 1. The van der Waals surface area contributed by atoms with Gasteiger partial charge in [-0.05, 0) is 19.4 Å². The monoisotopic (exact) mass is 477 g/mol. The zero-order chi connectivity index (χ0) is 24.3. The molecular weight excluding hydrogens is 453 g/mol. The lowest BCUT2D eigenvalue weighted by molar-refractivity contribution is 0.363. The van der Waals surface area contributed by atoms with Crippen LogP contribution < -0.4 is 16.2 Å². The van der Waals surface area contributed by atoms with Crippen LogP contribution in [0.5, 0.6) is 0 Å². The summed E-state index contributed by atoms with van der Waals surface area (Å²) in [6.45, 7) is 5.90. The van der Waals surface area contributed by atoms with Crippen molar-refractivity contribution in [1.29, 1.82) is 0 Å². The molecule has 0 bridgehead atoms. The number of unbranched alkanes of at least 4 members (excludes halogenated alkanes) is 1. The molecule has 0 spiro atoms. The largest absolute Gasteiger partial charge is 0.381 e. The SMILES string of the molecule is CCCCn1c2cc(-c3cnn(C4CN(c5ncc(F)c(N)n5)C4)c3)[nH]c2c(=O)n2c(C)nnc12. The first kappa shape index (κ1) is 21.3. The highest BCUT2D eigenvalue weighted by Gasteiger charge is 2.31. The Morgan fingerprint density at radius 3 is 2.86 bits per heavy atom. The van der Waals surface area contributed by atoms with Gasteiger partial charge in [0, 0.05) is 31.4 Å². The average molecular weight is 478 g/mol. The number of rotatable bonds is 6. The first-order chi connectivity index (χ1) is 16.9. The third-order valence-electron chi connectivity index (χ3n) is 6.48. The molecule has 6 heterocycles. The number of aryl methyl sites for hydroxylation is 2. The van der Waals surface area contributed by atoms with Crippen molar-refractivity contribution in [2.75, 3.05) is 23.7 Å². The minimum absolute atomic E-state index is 0.115. The highest BCUT2D eigenvalue weighted by atomic mass is 19.1. The minimum atomic E-state index is -0.627. The van der Waals surface area contributed by atoms with Crippen molar-refractivity contribution in [3.8, 4) is 11.3 Å². The normalized spacial score (nSPS) is 14.3. The van der Waals surface area contributed by atoms with Crippen LogP contribution in [-0.4, -0.2) is 57.0 Å². The van der Waals surface area contributed by atoms with E-state index in [2.05, 4.69) is 37.2 Å². The molecule has 13 heteroatoms. The Morgan fingerprint density at radius 1 is 1.26 bits per heavy atom. The van der Waals surface area contributed by atoms with Crippen molar-refractivity contribution in [1.82, 2.24) is 43.9 Å². The van der Waals surface area contributed by atoms with Crippen molar-refractivity contribution in [3.05, 3.63) is 46.7 Å². The third kappa shape index (κ3) is 3.33. The van der Waals surface area contributed by atoms with Gasteiger partial charge in [-0.15, -0.1) is 10.2 Å². The van der Waals surface area contributed by atoms with Crippen LogP contribution in [0.1, 0.15) is 31.6 Å². The molecule has 0 amide bonds. The zero-order valence-electron chi connectivity index (χ0n) is 19.3. The standard InChI is InChI=1S/C22H24FN11O/c1-3-4-5-32-17-6-16(27-18(17)20(35)34-12(2)29-30-22(32)34)13-7-26-33(9-13)14-10-31(11-14)21-25-8-15(23)19(24)28-21/h6-9,14,27H,3-5,10-11H2,1-2H3,(H2,24,25,28). The van der Waals surface area contributed by atoms with Crippen LogP contribution in [0.4, 0.5) is 16.2 Å².